The highest BCUT2D eigenvalue weighted by Gasteiger charge is 2.71. The van der Waals surface area contributed by atoms with Gasteiger partial charge in [-0.05, 0) is 54.6 Å². The van der Waals surface area contributed by atoms with Gasteiger partial charge in [0.25, 0.3) is 0 Å². The van der Waals surface area contributed by atoms with Crippen molar-refractivity contribution in [2.75, 3.05) is 0 Å². The Morgan fingerprint density at radius 3 is 2.39 bits per heavy atom. The number of aliphatic hydroxyl groups is 2. The Morgan fingerprint density at radius 2 is 1.84 bits per heavy atom. The molecule has 1 spiro atoms. The van der Waals surface area contributed by atoms with E-state index >= 15 is 0 Å². The quantitative estimate of drug-likeness (QED) is 0.197. The van der Waals surface area contributed by atoms with Gasteiger partial charge in [-0.15, -0.1) is 0 Å². The molecule has 1 saturated carbocycles. The standard InChI is InChI=1S/C29H42O9/c1-9-15(3)22(32)14-28(8)17(5)11-24(33)29-21(26(35-18(6)30)38-27(29)36-19(7)31)12-20(13-23(28)29)37-25(34)16(4)10-2/h9,12,16-17,20,22-24,26-27,32-33H,1,3,10-11,13-14H2,2,4-8H3/t16-,17+,20+,22-,23-,24-,26-,27+,28+,29+/m1/s1. The minimum atomic E-state index is -1.29. The Morgan fingerprint density at radius 1 is 1.21 bits per heavy atom. The maximum absolute atomic E-state index is 12.8. The van der Waals surface area contributed by atoms with Crippen LogP contribution in [-0.4, -0.2) is 59.0 Å². The number of esters is 3. The summed E-state index contributed by atoms with van der Waals surface area (Å²) in [6.45, 7) is 17.8. The number of hydrogen-bond acceptors (Lipinski definition) is 9. The average molecular weight is 535 g/mol. The van der Waals surface area contributed by atoms with Crippen molar-refractivity contribution in [1.29, 1.82) is 0 Å². The first kappa shape index (κ1) is 30.1. The second-order valence-electron chi connectivity index (χ2n) is 11.3. The number of hydrogen-bond donors (Lipinski definition) is 2. The summed E-state index contributed by atoms with van der Waals surface area (Å²) in [4.78, 5) is 37.0. The molecule has 0 amide bonds. The maximum atomic E-state index is 12.8. The van der Waals surface area contributed by atoms with Crippen LogP contribution in [0.2, 0.25) is 0 Å². The van der Waals surface area contributed by atoms with Gasteiger partial charge in [-0.1, -0.05) is 46.9 Å². The Bertz CT molecular complexity index is 1000. The lowest BCUT2D eigenvalue weighted by molar-refractivity contribution is -0.256. The molecule has 9 nitrogen and oxygen atoms in total. The van der Waals surface area contributed by atoms with Crippen LogP contribution in [0, 0.1) is 28.6 Å². The predicted molar refractivity (Wildman–Crippen MR) is 138 cm³/mol. The second-order valence-corrected chi connectivity index (χ2v) is 11.3. The summed E-state index contributed by atoms with van der Waals surface area (Å²) in [5.74, 6) is -2.53. The molecule has 0 bridgehead atoms. The largest absolute Gasteiger partial charge is 0.458 e. The molecule has 1 heterocycles. The SMILES string of the molecule is C=CC(=C)[C@H](O)C[C@]1(C)[C@H]2C[C@@H](OC(=O)[C@H](C)CC)C=C3[C@H](OC(C)=O)O[C@H](OC(C)=O)[C@@]32[C@H](O)C[C@@H]1C. The van der Waals surface area contributed by atoms with Gasteiger partial charge in [0.05, 0.1) is 23.5 Å². The van der Waals surface area contributed by atoms with Crippen molar-refractivity contribution >= 4 is 17.9 Å². The van der Waals surface area contributed by atoms with Crippen LogP contribution in [0.3, 0.4) is 0 Å². The first-order valence-electron chi connectivity index (χ1n) is 13.3. The molecule has 0 unspecified atom stereocenters. The lowest BCUT2D eigenvalue weighted by atomic mass is 9.44. The van der Waals surface area contributed by atoms with Gasteiger partial charge in [-0.2, -0.15) is 0 Å². The molecule has 2 aliphatic carbocycles. The number of carbonyl (C=O) groups is 3. The Labute approximate surface area is 224 Å². The van der Waals surface area contributed by atoms with E-state index in [9.17, 15) is 24.6 Å². The van der Waals surface area contributed by atoms with Crippen molar-refractivity contribution in [3.8, 4) is 0 Å². The van der Waals surface area contributed by atoms with Crippen molar-refractivity contribution in [1.82, 2.24) is 0 Å². The lowest BCUT2D eigenvalue weighted by Crippen LogP contribution is -2.63. The smallest absolute Gasteiger partial charge is 0.309 e. The third-order valence-electron chi connectivity index (χ3n) is 9.00. The highest BCUT2D eigenvalue weighted by molar-refractivity contribution is 5.72. The summed E-state index contributed by atoms with van der Waals surface area (Å²) in [5, 5.41) is 22.8. The van der Waals surface area contributed by atoms with Crippen LogP contribution < -0.4 is 0 Å². The third-order valence-corrected chi connectivity index (χ3v) is 9.00. The molecule has 0 radical (unpaired) electrons. The van der Waals surface area contributed by atoms with E-state index in [4.69, 9.17) is 18.9 Å². The molecule has 1 aliphatic heterocycles. The lowest BCUT2D eigenvalue weighted by Gasteiger charge is -2.60. The van der Waals surface area contributed by atoms with Gasteiger partial charge in [0.2, 0.25) is 12.6 Å². The van der Waals surface area contributed by atoms with Gasteiger partial charge in [-0.3, -0.25) is 19.1 Å². The molecule has 3 rings (SSSR count). The zero-order valence-electron chi connectivity index (χ0n) is 23.3. The van der Waals surface area contributed by atoms with Gasteiger partial charge in [0, 0.05) is 19.4 Å². The van der Waals surface area contributed by atoms with Crippen LogP contribution in [0.4, 0.5) is 0 Å². The number of carbonyl (C=O) groups excluding carboxylic acids is 3. The molecule has 0 aromatic rings. The summed E-state index contributed by atoms with van der Waals surface area (Å²) in [6, 6.07) is 0. The highest BCUT2D eigenvalue weighted by atomic mass is 16.8. The van der Waals surface area contributed by atoms with Crippen LogP contribution in [0.25, 0.3) is 0 Å². The molecule has 9 heteroatoms. The molecule has 0 aromatic carbocycles. The summed E-state index contributed by atoms with van der Waals surface area (Å²) in [7, 11) is 0. The van der Waals surface area contributed by atoms with Crippen LogP contribution in [-0.2, 0) is 33.3 Å². The molecule has 212 valence electrons. The van der Waals surface area contributed by atoms with Crippen LogP contribution in [0.1, 0.15) is 67.2 Å². The third kappa shape index (κ3) is 5.20. The highest BCUT2D eigenvalue weighted by Crippen LogP contribution is 2.67. The molecular formula is C29H42O9. The van der Waals surface area contributed by atoms with E-state index in [0.717, 1.165) is 0 Å². The predicted octanol–water partition coefficient (Wildman–Crippen LogP) is 3.59. The van der Waals surface area contributed by atoms with Crippen molar-refractivity contribution in [2.24, 2.45) is 28.6 Å². The molecular weight excluding hydrogens is 492 g/mol. The Kier molecular flexibility index (Phi) is 8.95. The molecule has 10 atom stereocenters. The van der Waals surface area contributed by atoms with Crippen LogP contribution in [0.5, 0.6) is 0 Å². The summed E-state index contributed by atoms with van der Waals surface area (Å²) < 4.78 is 23.1. The van der Waals surface area contributed by atoms with Gasteiger partial charge < -0.3 is 24.4 Å². The van der Waals surface area contributed by atoms with Gasteiger partial charge in [0.15, 0.2) is 0 Å². The van der Waals surface area contributed by atoms with E-state index in [1.807, 2.05) is 20.8 Å². The van der Waals surface area contributed by atoms with Crippen LogP contribution in [0.15, 0.2) is 36.5 Å². The average Bonchev–Trinajstić information content (AvgIpc) is 3.13. The fourth-order valence-electron chi connectivity index (χ4n) is 6.52. The van der Waals surface area contributed by atoms with E-state index in [0.29, 0.717) is 24.0 Å². The molecule has 0 aromatic heterocycles. The normalized spacial score (nSPS) is 37.5. The van der Waals surface area contributed by atoms with Crippen molar-refractivity contribution < 1.29 is 43.5 Å². The molecule has 1 saturated heterocycles. The van der Waals surface area contributed by atoms with Crippen molar-refractivity contribution in [3.05, 3.63) is 36.5 Å². The second kappa shape index (κ2) is 11.3. The number of aliphatic hydroxyl groups excluding tert-OH is 2. The molecule has 2 N–H and O–H groups in total. The Hall–Kier alpha value is -2.49. The maximum Gasteiger partial charge on any atom is 0.309 e. The van der Waals surface area contributed by atoms with E-state index < -0.39 is 59.6 Å². The van der Waals surface area contributed by atoms with Gasteiger partial charge in [-0.25, -0.2) is 0 Å². The topological polar surface area (TPSA) is 129 Å². The monoisotopic (exact) mass is 534 g/mol. The molecule has 2 fully saturated rings. The zero-order valence-corrected chi connectivity index (χ0v) is 23.3. The molecule has 3 aliphatic rings. The zero-order chi connectivity index (χ0) is 28.6. The number of ether oxygens (including phenoxy) is 4. The van der Waals surface area contributed by atoms with Crippen molar-refractivity contribution in [3.63, 3.8) is 0 Å². The fraction of sp³-hybridized carbons (Fsp3) is 0.690. The van der Waals surface area contributed by atoms with Gasteiger partial charge in [0.1, 0.15) is 6.10 Å². The summed E-state index contributed by atoms with van der Waals surface area (Å²) >= 11 is 0. The van der Waals surface area contributed by atoms with E-state index in [2.05, 4.69) is 13.2 Å². The van der Waals surface area contributed by atoms with E-state index in [1.165, 1.54) is 19.9 Å². The van der Waals surface area contributed by atoms with E-state index in [1.54, 1.807) is 13.0 Å². The summed E-state index contributed by atoms with van der Waals surface area (Å²) in [6.07, 6.45) is -0.516. The first-order valence-corrected chi connectivity index (χ1v) is 13.3. The minimum Gasteiger partial charge on any atom is -0.458 e. The van der Waals surface area contributed by atoms with Crippen LogP contribution >= 0.6 is 0 Å². The molecule has 38 heavy (non-hydrogen) atoms. The Balaban J connectivity index is 2.22. The summed E-state index contributed by atoms with van der Waals surface area (Å²) in [5.41, 5.74) is -1.10. The minimum absolute atomic E-state index is 0.101. The number of rotatable bonds is 9. The van der Waals surface area contributed by atoms with Crippen molar-refractivity contribution in [2.45, 2.75) is 98.1 Å². The first-order chi connectivity index (χ1) is 17.7. The van der Waals surface area contributed by atoms with E-state index in [-0.39, 0.29) is 30.6 Å². The fourth-order valence-corrected chi connectivity index (χ4v) is 6.52. The van der Waals surface area contributed by atoms with Gasteiger partial charge >= 0.3 is 17.9 Å².